The molecule has 12 heteroatoms. The lowest BCUT2D eigenvalue weighted by molar-refractivity contribution is -0.127. The predicted molar refractivity (Wildman–Crippen MR) is 153 cm³/mol. The average Bonchev–Trinajstić information content (AvgIpc) is 3.39. The summed E-state index contributed by atoms with van der Waals surface area (Å²) in [6, 6.07) is 9.13. The van der Waals surface area contributed by atoms with Crippen molar-refractivity contribution in [3.8, 4) is 5.82 Å². The smallest absolute Gasteiger partial charge is 0.296 e. The lowest BCUT2D eigenvalue weighted by Gasteiger charge is -2.33. The molecule has 220 valence electrons. The Morgan fingerprint density at radius 1 is 0.976 bits per heavy atom. The van der Waals surface area contributed by atoms with Crippen molar-refractivity contribution in [2.75, 3.05) is 56.7 Å². The molecule has 2 N–H and O–H groups in total. The number of hydrogen-bond acceptors (Lipinski definition) is 8. The molecule has 2 saturated heterocycles. The van der Waals surface area contributed by atoms with Crippen LogP contribution in [0.5, 0.6) is 0 Å². The summed E-state index contributed by atoms with van der Waals surface area (Å²) in [6.07, 6.45) is 2.68. The number of likely N-dealkylation sites (tertiary alicyclic amines) is 1. The summed E-state index contributed by atoms with van der Waals surface area (Å²) in [5, 5.41) is 6.76. The molecule has 1 saturated carbocycles. The molecule has 1 atom stereocenters. The van der Waals surface area contributed by atoms with Crippen molar-refractivity contribution in [2.45, 2.75) is 57.0 Å². The van der Waals surface area contributed by atoms with Gasteiger partial charge < -0.3 is 25.2 Å². The summed E-state index contributed by atoms with van der Waals surface area (Å²) < 4.78 is 35.2. The van der Waals surface area contributed by atoms with E-state index in [0.29, 0.717) is 54.9 Å². The molecule has 2 aromatic heterocycles. The van der Waals surface area contributed by atoms with E-state index in [0.717, 1.165) is 51.6 Å². The zero-order valence-corrected chi connectivity index (χ0v) is 23.4. The quantitative estimate of drug-likeness (QED) is 0.445. The number of nitrogens with one attached hydrogen (secondary N) is 2. The number of amides is 1. The normalized spacial score (nSPS) is 24.1. The first-order chi connectivity index (χ1) is 19.9. The number of piperidine rings is 1. The van der Waals surface area contributed by atoms with Crippen LogP contribution in [0.2, 0.25) is 0 Å². The van der Waals surface area contributed by atoms with Crippen LogP contribution in [0.1, 0.15) is 50.8 Å². The molecule has 2 aliphatic heterocycles. The van der Waals surface area contributed by atoms with E-state index in [1.54, 1.807) is 24.3 Å². The third-order valence-corrected chi connectivity index (χ3v) is 8.45. The number of hydrogen-bond donors (Lipinski definition) is 2. The van der Waals surface area contributed by atoms with Crippen LogP contribution in [-0.2, 0) is 9.53 Å². The number of fused-ring (bicyclic) bond motifs is 1. The Hall–Kier alpha value is -3.38. The molecule has 1 aliphatic carbocycles. The number of benzene rings is 1. The van der Waals surface area contributed by atoms with Crippen molar-refractivity contribution in [1.29, 1.82) is 0 Å². The number of ether oxygens (including phenoxy) is 1. The van der Waals surface area contributed by atoms with Gasteiger partial charge in [-0.3, -0.25) is 9.36 Å². The number of alkyl halides is 2. The average molecular weight is 569 g/mol. The van der Waals surface area contributed by atoms with Gasteiger partial charge in [0.15, 0.2) is 5.82 Å². The molecule has 0 bridgehead atoms. The number of nitrogens with zero attached hydrogens (tertiary/aromatic N) is 6. The fourth-order valence-corrected chi connectivity index (χ4v) is 6.25. The van der Waals surface area contributed by atoms with Gasteiger partial charge in [0, 0.05) is 37.8 Å². The fraction of sp³-hybridized carbons (Fsp3) is 0.586. The van der Waals surface area contributed by atoms with Crippen LogP contribution >= 0.6 is 0 Å². The van der Waals surface area contributed by atoms with E-state index >= 15 is 0 Å². The molecule has 1 amide bonds. The molecule has 1 aromatic carbocycles. The molecule has 3 fully saturated rings. The summed E-state index contributed by atoms with van der Waals surface area (Å²) in [7, 11) is 2.07. The maximum atomic E-state index is 14.1. The summed E-state index contributed by atoms with van der Waals surface area (Å²) in [6.45, 7) is 4.34. The standard InChI is InChI=1S/C29H38F2N8O2/c1-37-12-4-5-19(18-37)28(40)32-20-8-10-21(11-9-20)33-29-35-24(38-13-15-41-16-14-38)17-25(36-29)39-23-7-3-2-6-22(23)34-27(39)26(30)31/h2-3,6-7,17,19-21,26H,4-5,8-16,18H2,1H3,(H,32,40)(H,33,35,36)/t19-,20?,21?/m1/s1. The van der Waals surface area contributed by atoms with E-state index in [4.69, 9.17) is 14.7 Å². The largest absolute Gasteiger partial charge is 0.378 e. The monoisotopic (exact) mass is 568 g/mol. The van der Waals surface area contributed by atoms with Gasteiger partial charge in [-0.15, -0.1) is 0 Å². The topological polar surface area (TPSA) is 100 Å². The van der Waals surface area contributed by atoms with Crippen LogP contribution in [0.15, 0.2) is 30.3 Å². The number of para-hydroxylation sites is 2. The van der Waals surface area contributed by atoms with E-state index in [9.17, 15) is 13.6 Å². The number of imidazole rings is 1. The number of halogens is 2. The number of carbonyl (C=O) groups excluding carboxylic acids is 1. The molecule has 6 rings (SSSR count). The van der Waals surface area contributed by atoms with Crippen LogP contribution in [0.25, 0.3) is 16.9 Å². The Labute approximate surface area is 238 Å². The van der Waals surface area contributed by atoms with Crippen LogP contribution in [-0.4, -0.2) is 88.9 Å². The van der Waals surface area contributed by atoms with Gasteiger partial charge in [0.25, 0.3) is 6.43 Å². The van der Waals surface area contributed by atoms with Crippen molar-refractivity contribution in [3.63, 3.8) is 0 Å². The number of aromatic nitrogens is 4. The van der Waals surface area contributed by atoms with Gasteiger partial charge in [0.05, 0.1) is 30.2 Å². The first-order valence-electron chi connectivity index (χ1n) is 14.7. The Bertz CT molecular complexity index is 1350. The minimum Gasteiger partial charge on any atom is -0.378 e. The lowest BCUT2D eigenvalue weighted by Crippen LogP contribution is -2.46. The van der Waals surface area contributed by atoms with Gasteiger partial charge in [-0.1, -0.05) is 12.1 Å². The van der Waals surface area contributed by atoms with E-state index in [1.165, 1.54) is 4.57 Å². The summed E-state index contributed by atoms with van der Waals surface area (Å²) >= 11 is 0. The Morgan fingerprint density at radius 2 is 1.71 bits per heavy atom. The van der Waals surface area contributed by atoms with Crippen LogP contribution in [0.3, 0.4) is 0 Å². The van der Waals surface area contributed by atoms with E-state index < -0.39 is 6.43 Å². The third kappa shape index (κ3) is 6.28. The van der Waals surface area contributed by atoms with E-state index in [1.807, 2.05) is 6.07 Å². The molecule has 0 radical (unpaired) electrons. The van der Waals surface area contributed by atoms with Gasteiger partial charge in [0.1, 0.15) is 11.6 Å². The van der Waals surface area contributed by atoms with Crippen molar-refractivity contribution in [1.82, 2.24) is 29.7 Å². The highest BCUT2D eigenvalue weighted by Crippen LogP contribution is 2.30. The molecule has 3 aromatic rings. The van der Waals surface area contributed by atoms with Gasteiger partial charge in [-0.05, 0) is 64.3 Å². The first kappa shape index (κ1) is 27.8. The van der Waals surface area contributed by atoms with Gasteiger partial charge in [-0.2, -0.15) is 9.97 Å². The van der Waals surface area contributed by atoms with Crippen LogP contribution in [0.4, 0.5) is 20.5 Å². The van der Waals surface area contributed by atoms with Gasteiger partial charge in [0.2, 0.25) is 11.9 Å². The van der Waals surface area contributed by atoms with Crippen LogP contribution < -0.4 is 15.5 Å². The SMILES string of the molecule is CN1CCC[C@@H](C(=O)NC2CCC(Nc3nc(N4CCOCC4)cc(-n4c(C(F)F)nc5ccccc54)n3)CC2)C1. The number of carbonyl (C=O) groups is 1. The molecule has 3 aliphatic rings. The highest BCUT2D eigenvalue weighted by molar-refractivity contribution is 5.79. The minimum absolute atomic E-state index is 0.0664. The fourth-order valence-electron chi connectivity index (χ4n) is 6.25. The molecule has 0 unspecified atom stereocenters. The van der Waals surface area contributed by atoms with Crippen molar-refractivity contribution in [2.24, 2.45) is 5.92 Å². The second-order valence-electron chi connectivity index (χ2n) is 11.4. The number of rotatable bonds is 7. The van der Waals surface area contributed by atoms with E-state index in [2.05, 4.69) is 32.5 Å². The molecule has 41 heavy (non-hydrogen) atoms. The van der Waals surface area contributed by atoms with Gasteiger partial charge >= 0.3 is 0 Å². The van der Waals surface area contributed by atoms with Crippen molar-refractivity contribution in [3.05, 3.63) is 36.2 Å². The Balaban J connectivity index is 1.20. The first-order valence-corrected chi connectivity index (χ1v) is 14.7. The zero-order valence-electron chi connectivity index (χ0n) is 23.4. The molecule has 0 spiro atoms. The highest BCUT2D eigenvalue weighted by Gasteiger charge is 2.29. The van der Waals surface area contributed by atoms with E-state index in [-0.39, 0.29) is 29.7 Å². The third-order valence-electron chi connectivity index (χ3n) is 8.45. The number of anilines is 2. The highest BCUT2D eigenvalue weighted by atomic mass is 19.3. The second kappa shape index (κ2) is 12.2. The predicted octanol–water partition coefficient (Wildman–Crippen LogP) is 3.77. The molecule has 10 nitrogen and oxygen atoms in total. The molecular formula is C29H38F2N8O2. The zero-order chi connectivity index (χ0) is 28.3. The molecular weight excluding hydrogens is 530 g/mol. The number of morpholine rings is 1. The van der Waals surface area contributed by atoms with Crippen molar-refractivity contribution < 1.29 is 18.3 Å². The second-order valence-corrected chi connectivity index (χ2v) is 11.4. The Kier molecular flexibility index (Phi) is 8.29. The molecule has 4 heterocycles. The summed E-state index contributed by atoms with van der Waals surface area (Å²) in [5.74, 6) is 1.31. The van der Waals surface area contributed by atoms with Crippen LogP contribution in [0, 0.1) is 5.92 Å². The summed E-state index contributed by atoms with van der Waals surface area (Å²) in [4.78, 5) is 30.9. The Morgan fingerprint density at radius 3 is 2.46 bits per heavy atom. The van der Waals surface area contributed by atoms with Crippen molar-refractivity contribution >= 4 is 28.7 Å². The lowest BCUT2D eigenvalue weighted by atomic mass is 9.90. The van der Waals surface area contributed by atoms with Gasteiger partial charge in [-0.25, -0.2) is 13.8 Å². The summed E-state index contributed by atoms with van der Waals surface area (Å²) in [5.41, 5.74) is 1.06. The minimum atomic E-state index is -2.76. The maximum absolute atomic E-state index is 14.1. The maximum Gasteiger partial charge on any atom is 0.296 e.